The van der Waals surface area contributed by atoms with Gasteiger partial charge in [-0.2, -0.15) is 5.10 Å². The van der Waals surface area contributed by atoms with Crippen LogP contribution < -0.4 is 5.73 Å². The zero-order valence-corrected chi connectivity index (χ0v) is 11.2. The number of benzene rings is 1. The number of hydrogen-bond acceptors (Lipinski definition) is 4. The summed E-state index contributed by atoms with van der Waals surface area (Å²) in [5.41, 5.74) is 10.4. The fourth-order valence-corrected chi connectivity index (χ4v) is 3.20. The number of aromatic nitrogens is 4. The molecule has 0 radical (unpaired) electrons. The highest BCUT2D eigenvalue weighted by Gasteiger charge is 2.28. The minimum absolute atomic E-state index is 0.293. The van der Waals surface area contributed by atoms with E-state index in [0.717, 1.165) is 29.9 Å². The summed E-state index contributed by atoms with van der Waals surface area (Å²) < 4.78 is 1.85. The molecule has 0 spiro atoms. The first-order valence-electron chi connectivity index (χ1n) is 6.79. The Hall–Kier alpha value is -2.43. The molecule has 2 aromatic heterocycles. The SMILES string of the molecule is Cc1nc(C2CCc3ccccc32)n2ncnc(N)c12. The van der Waals surface area contributed by atoms with E-state index in [0.29, 0.717) is 11.7 Å². The van der Waals surface area contributed by atoms with Gasteiger partial charge in [0.05, 0.1) is 5.69 Å². The summed E-state index contributed by atoms with van der Waals surface area (Å²) in [5.74, 6) is 1.75. The van der Waals surface area contributed by atoms with Crippen molar-refractivity contribution in [3.8, 4) is 0 Å². The lowest BCUT2D eigenvalue weighted by molar-refractivity contribution is 0.692. The second kappa shape index (κ2) is 4.03. The van der Waals surface area contributed by atoms with Crippen LogP contribution in [-0.4, -0.2) is 19.6 Å². The fourth-order valence-electron chi connectivity index (χ4n) is 3.20. The molecule has 100 valence electrons. The molecule has 5 nitrogen and oxygen atoms in total. The monoisotopic (exact) mass is 265 g/mol. The topological polar surface area (TPSA) is 69.1 Å². The van der Waals surface area contributed by atoms with Gasteiger partial charge in [0.1, 0.15) is 17.7 Å². The van der Waals surface area contributed by atoms with Gasteiger partial charge in [-0.25, -0.2) is 14.5 Å². The average molecular weight is 265 g/mol. The minimum Gasteiger partial charge on any atom is -0.382 e. The standard InChI is InChI=1S/C15H15N5/c1-9-13-14(16)17-8-18-20(13)15(19-9)12-7-6-10-4-2-3-5-11(10)12/h2-5,8,12H,6-7H2,1H3,(H2,16,17,18). The number of rotatable bonds is 1. The van der Waals surface area contributed by atoms with E-state index < -0.39 is 0 Å². The number of imidazole rings is 1. The molecule has 5 heteroatoms. The molecule has 0 fully saturated rings. The lowest BCUT2D eigenvalue weighted by Crippen LogP contribution is -2.06. The van der Waals surface area contributed by atoms with Crippen LogP contribution in [0.25, 0.3) is 5.52 Å². The fraction of sp³-hybridized carbons (Fsp3) is 0.267. The van der Waals surface area contributed by atoms with Crippen LogP contribution in [0.1, 0.15) is 35.0 Å². The Balaban J connectivity index is 1.95. The van der Waals surface area contributed by atoms with Crippen molar-refractivity contribution in [3.05, 3.63) is 53.2 Å². The maximum atomic E-state index is 5.95. The molecule has 1 unspecified atom stereocenters. The number of fused-ring (bicyclic) bond motifs is 2. The van der Waals surface area contributed by atoms with Gasteiger partial charge >= 0.3 is 0 Å². The molecule has 0 saturated carbocycles. The summed E-state index contributed by atoms with van der Waals surface area (Å²) in [6.07, 6.45) is 3.66. The number of aryl methyl sites for hydroxylation is 2. The van der Waals surface area contributed by atoms with Gasteiger partial charge in [0.2, 0.25) is 0 Å². The highest BCUT2D eigenvalue weighted by molar-refractivity contribution is 5.68. The van der Waals surface area contributed by atoms with Gasteiger partial charge in [0, 0.05) is 5.92 Å². The van der Waals surface area contributed by atoms with Crippen LogP contribution in [0.3, 0.4) is 0 Å². The van der Waals surface area contributed by atoms with Crippen LogP contribution in [0.5, 0.6) is 0 Å². The van der Waals surface area contributed by atoms with E-state index in [9.17, 15) is 0 Å². The van der Waals surface area contributed by atoms with Crippen LogP contribution in [0.4, 0.5) is 5.82 Å². The van der Waals surface area contributed by atoms with Gasteiger partial charge in [-0.3, -0.25) is 0 Å². The van der Waals surface area contributed by atoms with Gasteiger partial charge in [-0.1, -0.05) is 24.3 Å². The summed E-state index contributed by atoms with van der Waals surface area (Å²) in [5, 5.41) is 4.34. The zero-order chi connectivity index (χ0) is 13.7. The van der Waals surface area contributed by atoms with E-state index >= 15 is 0 Å². The van der Waals surface area contributed by atoms with Crippen molar-refractivity contribution in [2.75, 3.05) is 5.73 Å². The first kappa shape index (κ1) is 11.4. The first-order valence-corrected chi connectivity index (χ1v) is 6.79. The van der Waals surface area contributed by atoms with Crippen LogP contribution in [-0.2, 0) is 6.42 Å². The molecule has 0 bridgehead atoms. The summed E-state index contributed by atoms with van der Waals surface area (Å²) >= 11 is 0. The van der Waals surface area contributed by atoms with Gasteiger partial charge in [0.25, 0.3) is 0 Å². The Morgan fingerprint density at radius 1 is 1.30 bits per heavy atom. The Morgan fingerprint density at radius 3 is 3.05 bits per heavy atom. The van der Waals surface area contributed by atoms with Gasteiger partial charge in [0.15, 0.2) is 5.82 Å². The Morgan fingerprint density at radius 2 is 2.15 bits per heavy atom. The van der Waals surface area contributed by atoms with Crippen molar-refractivity contribution < 1.29 is 0 Å². The van der Waals surface area contributed by atoms with E-state index in [1.54, 1.807) is 0 Å². The van der Waals surface area contributed by atoms with Gasteiger partial charge in [-0.15, -0.1) is 0 Å². The smallest absolute Gasteiger partial charge is 0.153 e. The van der Waals surface area contributed by atoms with Crippen LogP contribution in [0.15, 0.2) is 30.6 Å². The summed E-state index contributed by atoms with van der Waals surface area (Å²) in [6.45, 7) is 1.96. The highest BCUT2D eigenvalue weighted by Crippen LogP contribution is 2.38. The van der Waals surface area contributed by atoms with Crippen LogP contribution >= 0.6 is 0 Å². The number of anilines is 1. The van der Waals surface area contributed by atoms with Gasteiger partial charge in [-0.05, 0) is 30.9 Å². The largest absolute Gasteiger partial charge is 0.382 e. The highest BCUT2D eigenvalue weighted by atomic mass is 15.3. The summed E-state index contributed by atoms with van der Waals surface area (Å²) in [7, 11) is 0. The molecule has 1 aromatic carbocycles. The normalized spacial score (nSPS) is 17.6. The molecule has 2 N–H and O–H groups in total. The second-order valence-corrected chi connectivity index (χ2v) is 5.25. The third-order valence-corrected chi connectivity index (χ3v) is 4.10. The van der Waals surface area contributed by atoms with Crippen LogP contribution in [0.2, 0.25) is 0 Å². The van der Waals surface area contributed by atoms with E-state index in [-0.39, 0.29) is 0 Å². The molecular formula is C15H15N5. The molecule has 1 aliphatic carbocycles. The average Bonchev–Trinajstić information content (AvgIpc) is 3.01. The third kappa shape index (κ3) is 1.46. The number of nitrogens with two attached hydrogens (primary N) is 1. The molecular weight excluding hydrogens is 250 g/mol. The molecule has 3 aromatic rings. The maximum absolute atomic E-state index is 5.95. The second-order valence-electron chi connectivity index (χ2n) is 5.25. The Kier molecular flexibility index (Phi) is 2.30. The van der Waals surface area contributed by atoms with E-state index in [1.807, 2.05) is 11.4 Å². The van der Waals surface area contributed by atoms with Crippen molar-refractivity contribution in [3.63, 3.8) is 0 Å². The van der Waals surface area contributed by atoms with Gasteiger partial charge < -0.3 is 5.73 Å². The summed E-state index contributed by atoms with van der Waals surface area (Å²) in [4.78, 5) is 8.77. The van der Waals surface area contributed by atoms with E-state index in [2.05, 4.69) is 34.3 Å². The lowest BCUT2D eigenvalue weighted by Gasteiger charge is -2.09. The van der Waals surface area contributed by atoms with Crippen molar-refractivity contribution in [2.24, 2.45) is 0 Å². The zero-order valence-electron chi connectivity index (χ0n) is 11.2. The number of nitrogens with zero attached hydrogens (tertiary/aromatic N) is 4. The minimum atomic E-state index is 0.293. The molecule has 1 aliphatic rings. The summed E-state index contributed by atoms with van der Waals surface area (Å²) in [6, 6.07) is 8.56. The van der Waals surface area contributed by atoms with Crippen molar-refractivity contribution in [1.82, 2.24) is 19.6 Å². The Labute approximate surface area is 116 Å². The molecule has 4 rings (SSSR count). The van der Waals surface area contributed by atoms with Crippen molar-refractivity contribution in [1.29, 1.82) is 0 Å². The van der Waals surface area contributed by atoms with Crippen LogP contribution in [0, 0.1) is 6.92 Å². The molecule has 20 heavy (non-hydrogen) atoms. The van der Waals surface area contributed by atoms with Crippen molar-refractivity contribution in [2.45, 2.75) is 25.7 Å². The van der Waals surface area contributed by atoms with Crippen molar-refractivity contribution >= 4 is 11.3 Å². The predicted octanol–water partition coefficient (Wildman–Crippen LogP) is 2.09. The number of hydrogen-bond donors (Lipinski definition) is 1. The molecule has 2 heterocycles. The third-order valence-electron chi connectivity index (χ3n) is 4.10. The molecule has 1 atom stereocenters. The Bertz CT molecular complexity index is 805. The maximum Gasteiger partial charge on any atom is 0.153 e. The predicted molar refractivity (Wildman–Crippen MR) is 76.5 cm³/mol. The van der Waals surface area contributed by atoms with E-state index in [4.69, 9.17) is 10.7 Å². The quantitative estimate of drug-likeness (QED) is 0.731. The molecule has 0 amide bonds. The lowest BCUT2D eigenvalue weighted by atomic mass is 10.0. The molecule has 0 aliphatic heterocycles. The first-order chi connectivity index (χ1) is 9.75. The van der Waals surface area contributed by atoms with E-state index in [1.165, 1.54) is 17.5 Å². The number of nitrogen functional groups attached to an aromatic ring is 1. The molecule has 0 saturated heterocycles.